The van der Waals surface area contributed by atoms with E-state index in [4.69, 9.17) is 13.9 Å². The Balaban J connectivity index is 1.04. The van der Waals surface area contributed by atoms with Crippen LogP contribution in [0.4, 0.5) is 34.1 Å². The summed E-state index contributed by atoms with van der Waals surface area (Å²) in [5.74, 6) is 3.28. The molecule has 18 rings (SSSR count). The lowest BCUT2D eigenvalue weighted by atomic mass is 9.31. The van der Waals surface area contributed by atoms with E-state index < -0.39 is 0 Å². The Hall–Kier alpha value is -11.0. The van der Waals surface area contributed by atoms with E-state index in [2.05, 4.69) is 339 Å². The van der Waals surface area contributed by atoms with Crippen molar-refractivity contribution in [3.05, 3.63) is 290 Å². The highest BCUT2D eigenvalue weighted by atomic mass is 16.5. The Morgan fingerprint density at radius 1 is 0.278 bits per heavy atom. The summed E-state index contributed by atoms with van der Waals surface area (Å²) in [4.78, 5) is 5.34. The van der Waals surface area contributed by atoms with Crippen molar-refractivity contribution in [3.8, 4) is 78.6 Å². The van der Waals surface area contributed by atoms with E-state index in [-0.39, 0.29) is 29.7 Å². The molecule has 466 valence electrons. The molecule has 1 aromatic heterocycles. The molecule has 0 unspecified atom stereocenters. The van der Waals surface area contributed by atoms with Crippen molar-refractivity contribution in [2.45, 2.75) is 78.6 Å². The third-order valence-corrected chi connectivity index (χ3v) is 20.8. The summed E-state index contributed by atoms with van der Waals surface area (Å²) in [6.07, 6.45) is 0. The molecular weight excluding hydrogens is 1180 g/mol. The van der Waals surface area contributed by atoms with E-state index in [1.54, 1.807) is 0 Å². The molecule has 4 aliphatic rings. The maximum absolute atomic E-state index is 7.85. The van der Waals surface area contributed by atoms with Crippen LogP contribution in [0, 0.1) is 0 Å². The number of furan rings is 1. The summed E-state index contributed by atoms with van der Waals surface area (Å²) >= 11 is 0. The zero-order chi connectivity index (χ0) is 65.8. The van der Waals surface area contributed by atoms with Gasteiger partial charge in [0.1, 0.15) is 34.2 Å². The van der Waals surface area contributed by atoms with Gasteiger partial charge in [0, 0.05) is 55.6 Å². The summed E-state index contributed by atoms with van der Waals surface area (Å²) in [6, 6.07) is 101. The molecule has 14 aromatic rings. The van der Waals surface area contributed by atoms with Crippen molar-refractivity contribution in [2.24, 2.45) is 0 Å². The summed E-state index contributed by atoms with van der Waals surface area (Å²) in [6.45, 7) is 20.6. The van der Waals surface area contributed by atoms with E-state index in [0.717, 1.165) is 162 Å². The molecule has 0 atom stereocenters. The third-order valence-electron chi connectivity index (χ3n) is 20.8. The summed E-state index contributed by atoms with van der Waals surface area (Å²) in [7, 11) is 0. The predicted molar refractivity (Wildman–Crippen MR) is 409 cm³/mol. The summed E-state index contributed by atoms with van der Waals surface area (Å²) < 4.78 is 22.0. The largest absolute Gasteiger partial charge is 0.458 e. The van der Waals surface area contributed by atoms with E-state index in [0.29, 0.717) is 0 Å². The van der Waals surface area contributed by atoms with Crippen molar-refractivity contribution >= 4 is 102 Å². The molecule has 4 aliphatic heterocycles. The van der Waals surface area contributed by atoms with Crippen LogP contribution >= 0.6 is 0 Å². The number of nitrogens with zero attached hydrogens (tertiary/aromatic N) is 2. The van der Waals surface area contributed by atoms with Crippen LogP contribution in [0.5, 0.6) is 23.0 Å². The van der Waals surface area contributed by atoms with Gasteiger partial charge < -0.3 is 23.7 Å². The van der Waals surface area contributed by atoms with Gasteiger partial charge in [0.05, 0.1) is 17.1 Å². The van der Waals surface area contributed by atoms with Crippen molar-refractivity contribution in [1.29, 1.82) is 0 Å². The molecule has 0 aliphatic carbocycles. The van der Waals surface area contributed by atoms with Crippen molar-refractivity contribution in [3.63, 3.8) is 0 Å². The Morgan fingerprint density at radius 3 is 1.24 bits per heavy atom. The van der Waals surface area contributed by atoms with E-state index in [1.165, 1.54) is 22.2 Å². The smallest absolute Gasteiger partial charge is 0.260 e. The standard InChI is InChI=1S/C90H72B2N2O3/c1-88(2,3)61-48-66(55-28-14-10-15-29-55)84(67(49-61)56-30-16-11-17-31-56)93-74-46-59(60-42-44-65-64-36-22-25-39-77(64)95-80(65)47-60)43-45-70(74)91-73-54-81-83-87(97-79-41-27-24-38-72(79)92(83)71-37-23-26-40-78(71)96-81)86(73)94(76-53-63(90(7,8)9)52-75(93)82(76)91)85-68(57-32-18-12-19-33-57)50-62(89(4,5)6)51-69(85)58-34-20-13-21-35-58/h10-54H,1-9H3. The Labute approximate surface area is 569 Å². The van der Waals surface area contributed by atoms with Gasteiger partial charge in [0.25, 0.3) is 13.4 Å². The lowest BCUT2D eigenvalue weighted by Crippen LogP contribution is -2.63. The lowest BCUT2D eigenvalue weighted by molar-refractivity contribution is 0.466. The van der Waals surface area contributed by atoms with E-state index >= 15 is 0 Å². The predicted octanol–water partition coefficient (Wildman–Crippen LogP) is 20.6. The fraction of sp³-hybridized carbons (Fsp3) is 0.133. The minimum atomic E-state index is -0.355. The zero-order valence-electron chi connectivity index (χ0n) is 56.3. The van der Waals surface area contributed by atoms with Crippen LogP contribution in [0.25, 0.3) is 77.6 Å². The zero-order valence-corrected chi connectivity index (χ0v) is 56.3. The highest BCUT2D eigenvalue weighted by molar-refractivity contribution is 7.02. The second-order valence-electron chi connectivity index (χ2n) is 29.9. The Morgan fingerprint density at radius 2 is 0.701 bits per heavy atom. The van der Waals surface area contributed by atoms with Crippen LogP contribution < -0.4 is 52.1 Å². The van der Waals surface area contributed by atoms with Gasteiger partial charge in [-0.15, -0.1) is 0 Å². The van der Waals surface area contributed by atoms with Crippen molar-refractivity contribution < 1.29 is 13.9 Å². The van der Waals surface area contributed by atoms with Gasteiger partial charge in [-0.3, -0.25) is 0 Å². The maximum atomic E-state index is 7.85. The number of ether oxygens (including phenoxy) is 2. The first-order valence-corrected chi connectivity index (χ1v) is 34.2. The molecule has 0 fully saturated rings. The maximum Gasteiger partial charge on any atom is 0.260 e. The van der Waals surface area contributed by atoms with Crippen LogP contribution in [0.1, 0.15) is 79.0 Å². The lowest BCUT2D eigenvalue weighted by Gasteiger charge is -2.48. The van der Waals surface area contributed by atoms with Gasteiger partial charge in [-0.1, -0.05) is 256 Å². The number of anilines is 6. The molecule has 13 aromatic carbocycles. The first-order chi connectivity index (χ1) is 47.0. The van der Waals surface area contributed by atoms with Gasteiger partial charge in [-0.2, -0.15) is 0 Å². The molecule has 97 heavy (non-hydrogen) atoms. The van der Waals surface area contributed by atoms with Gasteiger partial charge in [-0.05, 0) is 172 Å². The van der Waals surface area contributed by atoms with Crippen LogP contribution in [0.15, 0.2) is 277 Å². The third kappa shape index (κ3) is 9.37. The molecule has 0 saturated carbocycles. The molecular formula is C90H72B2N2O3. The highest BCUT2D eigenvalue weighted by Crippen LogP contribution is 2.57. The van der Waals surface area contributed by atoms with E-state index in [1.807, 2.05) is 6.07 Å². The molecule has 5 heterocycles. The van der Waals surface area contributed by atoms with Gasteiger partial charge in [0.2, 0.25) is 0 Å². The average molecular weight is 1250 g/mol. The minimum absolute atomic E-state index is 0.181. The molecule has 0 amide bonds. The van der Waals surface area contributed by atoms with E-state index in [9.17, 15) is 0 Å². The normalized spacial score (nSPS) is 13.5. The molecule has 0 N–H and O–H groups in total. The van der Waals surface area contributed by atoms with Crippen molar-refractivity contribution in [2.75, 3.05) is 9.80 Å². The van der Waals surface area contributed by atoms with Crippen LogP contribution in [-0.2, 0) is 16.2 Å². The molecule has 5 nitrogen and oxygen atoms in total. The number of hydrogen-bond donors (Lipinski definition) is 0. The van der Waals surface area contributed by atoms with Gasteiger partial charge >= 0.3 is 0 Å². The number of benzene rings is 13. The Kier molecular flexibility index (Phi) is 13.1. The minimum Gasteiger partial charge on any atom is -0.458 e. The monoisotopic (exact) mass is 1250 g/mol. The fourth-order valence-corrected chi connectivity index (χ4v) is 15.9. The summed E-state index contributed by atoms with van der Waals surface area (Å²) in [5, 5.41) is 2.21. The number of para-hydroxylation sites is 3. The number of fused-ring (bicyclic) bond motifs is 12. The quantitative estimate of drug-likeness (QED) is 0.149. The molecule has 0 spiro atoms. The molecule has 0 bridgehead atoms. The highest BCUT2D eigenvalue weighted by Gasteiger charge is 2.51. The Bertz CT molecular complexity index is 5410. The topological polar surface area (TPSA) is 38.1 Å². The second kappa shape index (κ2) is 21.8. The van der Waals surface area contributed by atoms with Gasteiger partial charge in [-0.25, -0.2) is 0 Å². The SMILES string of the molecule is CC(C)(C)c1cc(-c2ccccc2)c(N2c3cc(-c4ccc5c(c4)oc4ccccc45)ccc3B3c4cc5c6c(c4N(c4c(-c7ccccc7)cc(C(C)(C)C)cc4-c4ccccc4)c4cc(C(C)(C)C)cc2c43)Oc2ccccc2B6c2ccccc2O5)c(-c2ccccc2)c1. The number of hydrogen-bond acceptors (Lipinski definition) is 5. The van der Waals surface area contributed by atoms with Crippen LogP contribution in [-0.4, -0.2) is 13.4 Å². The van der Waals surface area contributed by atoms with Crippen LogP contribution in [0.3, 0.4) is 0 Å². The fourth-order valence-electron chi connectivity index (χ4n) is 15.9. The molecule has 0 saturated heterocycles. The average Bonchev–Trinajstić information content (AvgIpc) is 0.782. The summed E-state index contributed by atoms with van der Waals surface area (Å²) in [5.41, 5.74) is 29.0. The molecule has 7 heteroatoms. The molecule has 0 radical (unpaired) electrons. The van der Waals surface area contributed by atoms with Crippen LogP contribution in [0.2, 0.25) is 0 Å². The first kappa shape index (κ1) is 58.6. The van der Waals surface area contributed by atoms with Crippen molar-refractivity contribution in [1.82, 2.24) is 0 Å². The first-order valence-electron chi connectivity index (χ1n) is 34.2. The van der Waals surface area contributed by atoms with Gasteiger partial charge in [0.15, 0.2) is 0 Å². The number of rotatable bonds is 7. The second-order valence-corrected chi connectivity index (χ2v) is 29.9.